The molecule has 0 amide bonds. The van der Waals surface area contributed by atoms with E-state index in [0.717, 1.165) is 23.3 Å². The molecule has 0 aliphatic rings. The minimum Gasteiger partial charge on any atom is -0.317 e. The summed E-state index contributed by atoms with van der Waals surface area (Å²) >= 11 is 11.9. The predicted octanol–water partition coefficient (Wildman–Crippen LogP) is 2.67. The first-order valence-corrected chi connectivity index (χ1v) is 5.96. The third kappa shape index (κ3) is 1.85. The van der Waals surface area contributed by atoms with Gasteiger partial charge in [0.1, 0.15) is 11.3 Å². The van der Waals surface area contributed by atoms with Gasteiger partial charge in [0.25, 0.3) is 0 Å². The Labute approximate surface area is 105 Å². The summed E-state index contributed by atoms with van der Waals surface area (Å²) in [7, 11) is 3.94. The van der Waals surface area contributed by atoms with Gasteiger partial charge in [-0.25, -0.2) is 9.66 Å². The average molecular weight is 258 g/mol. The number of nitrogens with zero attached hydrogens (tertiary/aromatic N) is 3. The fraction of sp³-hybridized carbons (Fsp3) is 0.364. The SMILES string of the molecule is CN(C)n1c(CCCl)nc2c(Cl)cccc21. The number of alkyl halides is 1. The van der Waals surface area contributed by atoms with E-state index >= 15 is 0 Å². The standard InChI is InChI=1S/C11H13Cl2N3/c1-15(2)16-9-5-3-4-8(13)11(9)14-10(16)6-7-12/h3-5H,6-7H2,1-2H3. The van der Waals surface area contributed by atoms with Crippen molar-refractivity contribution >= 4 is 34.2 Å². The van der Waals surface area contributed by atoms with Crippen molar-refractivity contribution in [3.05, 3.63) is 29.0 Å². The van der Waals surface area contributed by atoms with Crippen LogP contribution in [0.25, 0.3) is 11.0 Å². The maximum atomic E-state index is 6.12. The van der Waals surface area contributed by atoms with E-state index in [4.69, 9.17) is 23.2 Å². The second kappa shape index (κ2) is 4.52. The highest BCUT2D eigenvalue weighted by molar-refractivity contribution is 6.34. The van der Waals surface area contributed by atoms with Gasteiger partial charge in [0.2, 0.25) is 0 Å². The summed E-state index contributed by atoms with van der Waals surface area (Å²) < 4.78 is 2.03. The molecule has 3 nitrogen and oxygen atoms in total. The Morgan fingerprint density at radius 2 is 2.12 bits per heavy atom. The number of hydrogen-bond donors (Lipinski definition) is 0. The molecule has 1 heterocycles. The summed E-state index contributed by atoms with van der Waals surface area (Å²) in [4.78, 5) is 4.53. The van der Waals surface area contributed by atoms with E-state index in [9.17, 15) is 0 Å². The van der Waals surface area contributed by atoms with E-state index in [1.54, 1.807) is 0 Å². The van der Waals surface area contributed by atoms with Crippen LogP contribution in [-0.2, 0) is 6.42 Å². The van der Waals surface area contributed by atoms with Crippen molar-refractivity contribution < 1.29 is 0 Å². The van der Waals surface area contributed by atoms with E-state index < -0.39 is 0 Å². The highest BCUT2D eigenvalue weighted by atomic mass is 35.5. The van der Waals surface area contributed by atoms with Gasteiger partial charge in [0.15, 0.2) is 0 Å². The fourth-order valence-electron chi connectivity index (χ4n) is 1.79. The number of aromatic nitrogens is 2. The molecular weight excluding hydrogens is 245 g/mol. The molecule has 0 bridgehead atoms. The van der Waals surface area contributed by atoms with Gasteiger partial charge >= 0.3 is 0 Å². The van der Waals surface area contributed by atoms with Crippen LogP contribution in [-0.4, -0.2) is 29.6 Å². The van der Waals surface area contributed by atoms with E-state index in [2.05, 4.69) is 4.98 Å². The minimum atomic E-state index is 0.550. The number of fused-ring (bicyclic) bond motifs is 1. The summed E-state index contributed by atoms with van der Waals surface area (Å²) in [6.45, 7) is 0. The fourth-order valence-corrected chi connectivity index (χ4v) is 2.17. The summed E-state index contributed by atoms with van der Waals surface area (Å²) in [5.74, 6) is 1.48. The van der Waals surface area contributed by atoms with Gasteiger partial charge in [0.05, 0.1) is 10.5 Å². The van der Waals surface area contributed by atoms with Crippen LogP contribution >= 0.6 is 23.2 Å². The van der Waals surface area contributed by atoms with Gasteiger partial charge < -0.3 is 5.01 Å². The summed E-state index contributed by atoms with van der Waals surface area (Å²) in [6.07, 6.45) is 0.727. The average Bonchev–Trinajstić information content (AvgIpc) is 2.58. The van der Waals surface area contributed by atoms with Crippen LogP contribution in [0.5, 0.6) is 0 Å². The quantitative estimate of drug-likeness (QED) is 0.789. The number of rotatable bonds is 3. The van der Waals surface area contributed by atoms with Crippen LogP contribution in [0.2, 0.25) is 5.02 Å². The molecular formula is C11H13Cl2N3. The number of para-hydroxylation sites is 1. The van der Waals surface area contributed by atoms with E-state index in [0.29, 0.717) is 10.9 Å². The van der Waals surface area contributed by atoms with Crippen molar-refractivity contribution in [1.29, 1.82) is 0 Å². The van der Waals surface area contributed by atoms with Crippen molar-refractivity contribution in [2.75, 3.05) is 25.0 Å². The second-order valence-corrected chi connectivity index (χ2v) is 4.52. The van der Waals surface area contributed by atoms with Gasteiger partial charge in [-0.2, -0.15) is 0 Å². The molecule has 1 aromatic carbocycles. The van der Waals surface area contributed by atoms with E-state index in [1.165, 1.54) is 0 Å². The number of halogens is 2. The third-order valence-corrected chi connectivity index (χ3v) is 2.89. The molecule has 2 rings (SSSR count). The van der Waals surface area contributed by atoms with Crippen molar-refractivity contribution in [2.24, 2.45) is 0 Å². The topological polar surface area (TPSA) is 21.1 Å². The summed E-state index contributed by atoms with van der Waals surface area (Å²) in [5.41, 5.74) is 1.84. The molecule has 0 radical (unpaired) electrons. The van der Waals surface area contributed by atoms with Crippen molar-refractivity contribution in [1.82, 2.24) is 9.66 Å². The Balaban J connectivity index is 2.70. The molecule has 0 N–H and O–H groups in total. The maximum absolute atomic E-state index is 6.12. The largest absolute Gasteiger partial charge is 0.317 e. The van der Waals surface area contributed by atoms with Crippen LogP contribution in [0, 0.1) is 0 Å². The van der Waals surface area contributed by atoms with Crippen LogP contribution in [0.15, 0.2) is 18.2 Å². The first kappa shape index (κ1) is 11.6. The highest BCUT2D eigenvalue weighted by Gasteiger charge is 2.13. The first-order chi connectivity index (χ1) is 7.65. The Hall–Kier alpha value is -0.930. The lowest BCUT2D eigenvalue weighted by molar-refractivity contribution is 0.703. The molecule has 0 spiro atoms. The lowest BCUT2D eigenvalue weighted by Gasteiger charge is -2.17. The monoisotopic (exact) mass is 257 g/mol. The van der Waals surface area contributed by atoms with Gasteiger partial charge in [-0.1, -0.05) is 17.7 Å². The van der Waals surface area contributed by atoms with E-state index in [-0.39, 0.29) is 0 Å². The molecule has 0 saturated carbocycles. The Kier molecular flexibility index (Phi) is 3.26. The predicted molar refractivity (Wildman–Crippen MR) is 69.2 cm³/mol. The maximum Gasteiger partial charge on any atom is 0.130 e. The molecule has 0 aliphatic heterocycles. The molecule has 16 heavy (non-hydrogen) atoms. The van der Waals surface area contributed by atoms with Crippen LogP contribution in [0.3, 0.4) is 0 Å². The molecule has 2 aromatic rings. The molecule has 0 aliphatic carbocycles. The van der Waals surface area contributed by atoms with E-state index in [1.807, 2.05) is 42.0 Å². The third-order valence-electron chi connectivity index (χ3n) is 2.40. The van der Waals surface area contributed by atoms with Crippen LogP contribution in [0.1, 0.15) is 5.82 Å². The molecule has 0 fully saturated rings. The Morgan fingerprint density at radius 1 is 1.38 bits per heavy atom. The smallest absolute Gasteiger partial charge is 0.130 e. The number of hydrogen-bond acceptors (Lipinski definition) is 2. The van der Waals surface area contributed by atoms with Gasteiger partial charge in [-0.05, 0) is 12.1 Å². The normalized spacial score (nSPS) is 11.0. The Morgan fingerprint density at radius 3 is 2.75 bits per heavy atom. The Bertz CT molecular complexity index is 505. The number of aryl methyl sites for hydroxylation is 1. The molecule has 5 heteroatoms. The molecule has 0 saturated heterocycles. The first-order valence-electron chi connectivity index (χ1n) is 5.04. The minimum absolute atomic E-state index is 0.550. The van der Waals surface area contributed by atoms with Crippen molar-refractivity contribution in [3.63, 3.8) is 0 Å². The van der Waals surface area contributed by atoms with Crippen LogP contribution < -0.4 is 5.01 Å². The zero-order chi connectivity index (χ0) is 11.7. The van der Waals surface area contributed by atoms with Gasteiger partial charge in [-0.3, -0.25) is 0 Å². The summed E-state index contributed by atoms with van der Waals surface area (Å²) in [6, 6.07) is 5.78. The van der Waals surface area contributed by atoms with Gasteiger partial charge in [0, 0.05) is 26.4 Å². The second-order valence-electron chi connectivity index (χ2n) is 3.73. The highest BCUT2D eigenvalue weighted by Crippen LogP contribution is 2.24. The lowest BCUT2D eigenvalue weighted by Crippen LogP contribution is -2.26. The van der Waals surface area contributed by atoms with Crippen molar-refractivity contribution in [2.45, 2.75) is 6.42 Å². The summed E-state index contributed by atoms with van der Waals surface area (Å²) in [5, 5.41) is 2.65. The lowest BCUT2D eigenvalue weighted by atomic mass is 10.3. The zero-order valence-corrected chi connectivity index (χ0v) is 10.8. The van der Waals surface area contributed by atoms with Crippen LogP contribution in [0.4, 0.5) is 0 Å². The number of imidazole rings is 1. The van der Waals surface area contributed by atoms with Crippen molar-refractivity contribution in [3.8, 4) is 0 Å². The zero-order valence-electron chi connectivity index (χ0n) is 9.24. The molecule has 0 unspecified atom stereocenters. The molecule has 1 aromatic heterocycles. The molecule has 86 valence electrons. The molecule has 0 atom stereocenters. The van der Waals surface area contributed by atoms with Gasteiger partial charge in [-0.15, -0.1) is 11.6 Å². The number of benzene rings is 1.